The van der Waals surface area contributed by atoms with E-state index in [0.717, 1.165) is 11.8 Å². The zero-order chi connectivity index (χ0) is 11.3. The summed E-state index contributed by atoms with van der Waals surface area (Å²) in [4.78, 5) is 2.62. The molecular formula is C13H28N2. The van der Waals surface area contributed by atoms with Crippen LogP contribution in [0.5, 0.6) is 0 Å². The Bertz CT molecular complexity index is 170. The second-order valence-corrected chi connectivity index (χ2v) is 5.27. The van der Waals surface area contributed by atoms with Gasteiger partial charge in [0.1, 0.15) is 0 Å². The highest BCUT2D eigenvalue weighted by Crippen LogP contribution is 2.20. The van der Waals surface area contributed by atoms with Crippen LogP contribution in [0.4, 0.5) is 0 Å². The molecule has 0 amide bonds. The van der Waals surface area contributed by atoms with Crippen molar-refractivity contribution in [2.75, 3.05) is 19.6 Å². The Hall–Kier alpha value is -0.0800. The minimum Gasteiger partial charge on any atom is -0.327 e. The minimum atomic E-state index is 0.452. The van der Waals surface area contributed by atoms with E-state index < -0.39 is 0 Å². The molecule has 2 nitrogen and oxygen atoms in total. The summed E-state index contributed by atoms with van der Waals surface area (Å²) in [7, 11) is 0. The third kappa shape index (κ3) is 4.12. The van der Waals surface area contributed by atoms with E-state index in [-0.39, 0.29) is 0 Å². The van der Waals surface area contributed by atoms with Crippen molar-refractivity contribution < 1.29 is 0 Å². The Morgan fingerprint density at radius 1 is 1.40 bits per heavy atom. The molecule has 1 rings (SSSR count). The summed E-state index contributed by atoms with van der Waals surface area (Å²) < 4.78 is 0. The number of likely N-dealkylation sites (tertiary alicyclic amines) is 1. The predicted octanol–water partition coefficient (Wildman–Crippen LogP) is 2.48. The quantitative estimate of drug-likeness (QED) is 0.758. The molecule has 2 N–H and O–H groups in total. The fourth-order valence-corrected chi connectivity index (χ4v) is 2.75. The van der Waals surface area contributed by atoms with Gasteiger partial charge in [-0.15, -0.1) is 0 Å². The van der Waals surface area contributed by atoms with Crippen LogP contribution >= 0.6 is 0 Å². The molecule has 0 saturated carbocycles. The van der Waals surface area contributed by atoms with Crippen LogP contribution in [-0.4, -0.2) is 30.6 Å². The maximum atomic E-state index is 6.11. The van der Waals surface area contributed by atoms with Gasteiger partial charge in [0, 0.05) is 19.1 Å². The molecule has 1 saturated heterocycles. The van der Waals surface area contributed by atoms with Gasteiger partial charge in [0.2, 0.25) is 0 Å². The Kier molecular flexibility index (Phi) is 5.62. The van der Waals surface area contributed by atoms with Gasteiger partial charge in [-0.1, -0.05) is 33.6 Å². The first-order valence-corrected chi connectivity index (χ1v) is 6.65. The van der Waals surface area contributed by atoms with Crippen molar-refractivity contribution in [1.82, 2.24) is 4.90 Å². The maximum absolute atomic E-state index is 6.11. The molecule has 1 heterocycles. The van der Waals surface area contributed by atoms with E-state index >= 15 is 0 Å². The van der Waals surface area contributed by atoms with Gasteiger partial charge in [0.05, 0.1) is 0 Å². The number of nitrogens with two attached hydrogens (primary N) is 1. The van der Waals surface area contributed by atoms with E-state index in [0.29, 0.717) is 6.04 Å². The molecule has 1 fully saturated rings. The van der Waals surface area contributed by atoms with Gasteiger partial charge in [-0.05, 0) is 31.2 Å². The van der Waals surface area contributed by atoms with Gasteiger partial charge in [0.25, 0.3) is 0 Å². The van der Waals surface area contributed by atoms with Gasteiger partial charge in [-0.3, -0.25) is 0 Å². The summed E-state index contributed by atoms with van der Waals surface area (Å²) in [5.74, 6) is 1.58. The average molecular weight is 212 g/mol. The zero-order valence-corrected chi connectivity index (χ0v) is 10.7. The van der Waals surface area contributed by atoms with Crippen LogP contribution in [0.3, 0.4) is 0 Å². The molecule has 90 valence electrons. The predicted molar refractivity (Wildman–Crippen MR) is 66.9 cm³/mol. The van der Waals surface area contributed by atoms with Crippen LogP contribution in [-0.2, 0) is 0 Å². The first kappa shape index (κ1) is 13.0. The Balaban J connectivity index is 2.31. The SMILES string of the molecule is CCCC(C)CN1CCC(N)C(CC)C1. The average Bonchev–Trinajstić information content (AvgIpc) is 2.21. The van der Waals surface area contributed by atoms with E-state index in [2.05, 4.69) is 25.7 Å². The molecule has 0 aromatic rings. The summed E-state index contributed by atoms with van der Waals surface area (Å²) in [6.07, 6.45) is 5.10. The molecule has 0 radical (unpaired) electrons. The number of nitrogens with zero attached hydrogens (tertiary/aromatic N) is 1. The number of hydrogen-bond acceptors (Lipinski definition) is 2. The highest BCUT2D eigenvalue weighted by molar-refractivity contribution is 4.82. The third-order valence-corrected chi connectivity index (χ3v) is 3.75. The molecule has 0 spiro atoms. The van der Waals surface area contributed by atoms with Gasteiger partial charge in [-0.25, -0.2) is 0 Å². The smallest absolute Gasteiger partial charge is 0.00914 e. The van der Waals surface area contributed by atoms with Gasteiger partial charge < -0.3 is 10.6 Å². The highest BCUT2D eigenvalue weighted by Gasteiger charge is 2.25. The lowest BCUT2D eigenvalue weighted by molar-refractivity contribution is 0.133. The van der Waals surface area contributed by atoms with Crippen molar-refractivity contribution in [2.24, 2.45) is 17.6 Å². The van der Waals surface area contributed by atoms with Crippen molar-refractivity contribution in [3.8, 4) is 0 Å². The summed E-state index contributed by atoms with van der Waals surface area (Å²) in [5.41, 5.74) is 6.11. The van der Waals surface area contributed by atoms with E-state index in [9.17, 15) is 0 Å². The molecule has 0 bridgehead atoms. The van der Waals surface area contributed by atoms with Crippen molar-refractivity contribution in [2.45, 2.75) is 52.5 Å². The summed E-state index contributed by atoms with van der Waals surface area (Å²) in [6, 6.07) is 0.452. The molecule has 3 atom stereocenters. The first-order chi connectivity index (χ1) is 7.17. The largest absolute Gasteiger partial charge is 0.327 e. The minimum absolute atomic E-state index is 0.452. The van der Waals surface area contributed by atoms with Crippen LogP contribution in [0, 0.1) is 11.8 Å². The van der Waals surface area contributed by atoms with Gasteiger partial charge in [-0.2, -0.15) is 0 Å². The normalized spacial score (nSPS) is 30.4. The maximum Gasteiger partial charge on any atom is 0.00914 e. The van der Waals surface area contributed by atoms with Crippen molar-refractivity contribution in [3.63, 3.8) is 0 Å². The molecule has 0 aromatic heterocycles. The second kappa shape index (κ2) is 6.49. The molecule has 15 heavy (non-hydrogen) atoms. The van der Waals surface area contributed by atoms with E-state index in [4.69, 9.17) is 5.73 Å². The molecule has 0 aromatic carbocycles. The topological polar surface area (TPSA) is 29.3 Å². The van der Waals surface area contributed by atoms with E-state index in [1.54, 1.807) is 0 Å². The van der Waals surface area contributed by atoms with Crippen LogP contribution in [0.2, 0.25) is 0 Å². The Morgan fingerprint density at radius 2 is 2.13 bits per heavy atom. The number of hydrogen-bond donors (Lipinski definition) is 1. The fourth-order valence-electron chi connectivity index (χ4n) is 2.75. The van der Waals surface area contributed by atoms with Crippen molar-refractivity contribution >= 4 is 0 Å². The van der Waals surface area contributed by atoms with E-state index in [1.807, 2.05) is 0 Å². The molecular weight excluding hydrogens is 184 g/mol. The number of rotatable bonds is 5. The molecule has 0 aliphatic carbocycles. The third-order valence-electron chi connectivity index (χ3n) is 3.75. The van der Waals surface area contributed by atoms with Gasteiger partial charge >= 0.3 is 0 Å². The summed E-state index contributed by atoms with van der Waals surface area (Å²) >= 11 is 0. The lowest BCUT2D eigenvalue weighted by Gasteiger charge is -2.37. The van der Waals surface area contributed by atoms with Crippen LogP contribution in [0.15, 0.2) is 0 Å². The van der Waals surface area contributed by atoms with Crippen LogP contribution < -0.4 is 5.73 Å². The zero-order valence-electron chi connectivity index (χ0n) is 10.7. The summed E-state index contributed by atoms with van der Waals surface area (Å²) in [6.45, 7) is 10.6. The van der Waals surface area contributed by atoms with Crippen molar-refractivity contribution in [3.05, 3.63) is 0 Å². The Labute approximate surface area is 95.2 Å². The monoisotopic (exact) mass is 212 g/mol. The van der Waals surface area contributed by atoms with Crippen molar-refractivity contribution in [1.29, 1.82) is 0 Å². The van der Waals surface area contributed by atoms with Crippen LogP contribution in [0.1, 0.15) is 46.5 Å². The standard InChI is InChI=1S/C13H28N2/c1-4-6-11(3)9-15-8-7-13(14)12(5-2)10-15/h11-13H,4-10,14H2,1-3H3. The fraction of sp³-hybridized carbons (Fsp3) is 1.00. The highest BCUT2D eigenvalue weighted by atomic mass is 15.1. The lowest BCUT2D eigenvalue weighted by atomic mass is 9.90. The molecule has 1 aliphatic heterocycles. The molecule has 3 unspecified atom stereocenters. The number of piperidine rings is 1. The van der Waals surface area contributed by atoms with Crippen LogP contribution in [0.25, 0.3) is 0 Å². The first-order valence-electron chi connectivity index (χ1n) is 6.65. The lowest BCUT2D eigenvalue weighted by Crippen LogP contribution is -2.47. The van der Waals surface area contributed by atoms with Gasteiger partial charge in [0.15, 0.2) is 0 Å². The summed E-state index contributed by atoms with van der Waals surface area (Å²) in [5, 5.41) is 0. The Morgan fingerprint density at radius 3 is 2.73 bits per heavy atom. The molecule has 1 aliphatic rings. The van der Waals surface area contributed by atoms with E-state index in [1.165, 1.54) is 45.3 Å². The molecule has 2 heteroatoms. The second-order valence-electron chi connectivity index (χ2n) is 5.27.